The molecule has 0 aliphatic heterocycles. The zero-order valence-electron chi connectivity index (χ0n) is 11.8. The first kappa shape index (κ1) is 14.4. The molecule has 2 aliphatic carbocycles. The highest BCUT2D eigenvalue weighted by Gasteiger charge is 2.39. The van der Waals surface area contributed by atoms with Crippen molar-refractivity contribution < 1.29 is 0 Å². The van der Waals surface area contributed by atoms with Crippen LogP contribution in [0, 0.1) is 21.3 Å². The molecule has 3 atom stereocenters. The van der Waals surface area contributed by atoms with Gasteiger partial charge in [0.25, 0.3) is 5.56 Å². The summed E-state index contributed by atoms with van der Waals surface area (Å²) < 4.78 is 3.83. The van der Waals surface area contributed by atoms with Gasteiger partial charge in [0.05, 0.1) is 3.57 Å². The molecule has 3 unspecified atom stereocenters. The summed E-state index contributed by atoms with van der Waals surface area (Å²) in [6, 6.07) is 0. The topological polar surface area (TPSA) is 44.0 Å². The molecule has 0 spiro atoms. The van der Waals surface area contributed by atoms with Gasteiger partial charge >= 0.3 is 5.69 Å². The van der Waals surface area contributed by atoms with Crippen molar-refractivity contribution in [3.63, 3.8) is 0 Å². The minimum absolute atomic E-state index is 0.106. The Morgan fingerprint density at radius 2 is 2.10 bits per heavy atom. The maximum Gasteiger partial charge on any atom is 0.331 e. The maximum atomic E-state index is 12.4. The van der Waals surface area contributed by atoms with E-state index < -0.39 is 0 Å². The first-order valence-corrected chi connectivity index (χ1v) is 8.67. The average molecular weight is 388 g/mol. The Balaban J connectivity index is 1.92. The van der Waals surface area contributed by atoms with Crippen molar-refractivity contribution in [2.24, 2.45) is 17.8 Å². The van der Waals surface area contributed by atoms with Gasteiger partial charge in [0.2, 0.25) is 0 Å². The third-order valence-electron chi connectivity index (χ3n) is 4.96. The quantitative estimate of drug-likeness (QED) is 0.744. The molecule has 1 aromatic rings. The Morgan fingerprint density at radius 1 is 1.30 bits per heavy atom. The fourth-order valence-corrected chi connectivity index (χ4v) is 4.64. The highest BCUT2D eigenvalue weighted by atomic mass is 127. The highest BCUT2D eigenvalue weighted by Crippen LogP contribution is 2.48. The van der Waals surface area contributed by atoms with E-state index in [0.717, 1.165) is 18.3 Å². The molecular weight excluding hydrogens is 367 g/mol. The van der Waals surface area contributed by atoms with E-state index in [9.17, 15) is 9.59 Å². The summed E-state index contributed by atoms with van der Waals surface area (Å²) in [5.41, 5.74) is -0.231. The van der Waals surface area contributed by atoms with Crippen LogP contribution in [0.15, 0.2) is 15.8 Å². The third kappa shape index (κ3) is 2.49. The summed E-state index contributed by atoms with van der Waals surface area (Å²) >= 11 is 2.05. The first-order valence-electron chi connectivity index (χ1n) is 7.60. The van der Waals surface area contributed by atoms with Gasteiger partial charge in [-0.1, -0.05) is 13.3 Å². The largest absolute Gasteiger partial charge is 0.331 e. The van der Waals surface area contributed by atoms with E-state index in [1.807, 2.05) is 29.5 Å². The van der Waals surface area contributed by atoms with Crippen molar-refractivity contribution in [2.75, 3.05) is 0 Å². The molecule has 0 N–H and O–H groups in total. The molecule has 0 radical (unpaired) electrons. The number of hydrogen-bond donors (Lipinski definition) is 0. The molecule has 2 bridgehead atoms. The standard InChI is InChI=1S/C15H21IN2O2/c1-2-5-17-9-13(16)14(19)18(15(17)20)8-12-7-10-3-4-11(12)6-10/h9-12H,2-8H2,1H3. The number of fused-ring (bicyclic) bond motifs is 2. The second-order valence-electron chi connectivity index (χ2n) is 6.30. The van der Waals surface area contributed by atoms with Crippen LogP contribution in [0.1, 0.15) is 39.0 Å². The lowest BCUT2D eigenvalue weighted by Gasteiger charge is -2.22. The van der Waals surface area contributed by atoms with Crippen molar-refractivity contribution in [1.29, 1.82) is 0 Å². The van der Waals surface area contributed by atoms with Crippen LogP contribution in [-0.2, 0) is 13.1 Å². The summed E-state index contributed by atoms with van der Waals surface area (Å²) in [6.45, 7) is 3.36. The summed E-state index contributed by atoms with van der Waals surface area (Å²) in [4.78, 5) is 24.7. The van der Waals surface area contributed by atoms with Crippen LogP contribution in [0.2, 0.25) is 0 Å². The normalized spacial score (nSPS) is 28.2. The van der Waals surface area contributed by atoms with Crippen LogP contribution in [0.3, 0.4) is 0 Å². The van der Waals surface area contributed by atoms with E-state index >= 15 is 0 Å². The number of aryl methyl sites for hydroxylation is 1. The van der Waals surface area contributed by atoms with Gasteiger partial charge in [0.15, 0.2) is 0 Å². The van der Waals surface area contributed by atoms with Gasteiger partial charge in [0.1, 0.15) is 0 Å². The minimum Gasteiger partial charge on any atom is -0.299 e. The zero-order valence-corrected chi connectivity index (χ0v) is 14.0. The number of aromatic nitrogens is 2. The van der Waals surface area contributed by atoms with Crippen molar-refractivity contribution in [3.8, 4) is 0 Å². The van der Waals surface area contributed by atoms with Gasteiger partial charge in [-0.15, -0.1) is 0 Å². The number of halogens is 1. The number of rotatable bonds is 4. The minimum atomic E-state index is -0.125. The molecule has 2 fully saturated rings. The number of hydrogen-bond acceptors (Lipinski definition) is 2. The highest BCUT2D eigenvalue weighted by molar-refractivity contribution is 14.1. The van der Waals surface area contributed by atoms with Gasteiger partial charge in [-0.25, -0.2) is 4.79 Å². The van der Waals surface area contributed by atoms with Gasteiger partial charge in [0, 0.05) is 19.3 Å². The van der Waals surface area contributed by atoms with Crippen LogP contribution in [-0.4, -0.2) is 9.13 Å². The van der Waals surface area contributed by atoms with E-state index in [2.05, 4.69) is 0 Å². The molecule has 0 amide bonds. The van der Waals surface area contributed by atoms with Gasteiger partial charge in [-0.05, 0) is 66.0 Å². The zero-order chi connectivity index (χ0) is 14.3. The summed E-state index contributed by atoms with van der Waals surface area (Å²) in [5.74, 6) is 2.12. The monoisotopic (exact) mass is 388 g/mol. The van der Waals surface area contributed by atoms with E-state index in [-0.39, 0.29) is 11.2 Å². The molecule has 0 aromatic carbocycles. The Labute approximate surface area is 132 Å². The van der Waals surface area contributed by atoms with Crippen LogP contribution < -0.4 is 11.2 Å². The Morgan fingerprint density at radius 3 is 2.70 bits per heavy atom. The summed E-state index contributed by atoms with van der Waals surface area (Å²) in [7, 11) is 0. The van der Waals surface area contributed by atoms with Crippen molar-refractivity contribution in [2.45, 2.75) is 52.1 Å². The third-order valence-corrected chi connectivity index (χ3v) is 5.70. The van der Waals surface area contributed by atoms with Crippen LogP contribution in [0.25, 0.3) is 0 Å². The lowest BCUT2D eigenvalue weighted by atomic mass is 9.89. The molecule has 5 heteroatoms. The molecule has 3 rings (SSSR count). The second kappa shape index (κ2) is 5.66. The molecule has 20 heavy (non-hydrogen) atoms. The van der Waals surface area contributed by atoms with Gasteiger partial charge in [-0.2, -0.15) is 0 Å². The van der Waals surface area contributed by atoms with E-state index in [1.54, 1.807) is 10.8 Å². The lowest BCUT2D eigenvalue weighted by molar-refractivity contribution is 0.285. The Kier molecular flexibility index (Phi) is 4.06. The predicted molar refractivity (Wildman–Crippen MR) is 86.9 cm³/mol. The molecule has 2 aliphatic rings. The molecule has 4 nitrogen and oxygen atoms in total. The van der Waals surface area contributed by atoms with E-state index in [4.69, 9.17) is 0 Å². The SMILES string of the molecule is CCCn1cc(I)c(=O)n(CC2CC3CCC2C3)c1=O. The van der Waals surface area contributed by atoms with E-state index in [1.165, 1.54) is 30.3 Å². The second-order valence-corrected chi connectivity index (χ2v) is 7.47. The smallest absolute Gasteiger partial charge is 0.299 e. The fourth-order valence-electron chi connectivity index (χ4n) is 4.01. The van der Waals surface area contributed by atoms with Gasteiger partial charge in [-0.3, -0.25) is 13.9 Å². The molecule has 110 valence electrons. The van der Waals surface area contributed by atoms with Gasteiger partial charge < -0.3 is 0 Å². The summed E-state index contributed by atoms with van der Waals surface area (Å²) in [6.07, 6.45) is 7.76. The van der Waals surface area contributed by atoms with E-state index in [0.29, 0.717) is 22.6 Å². The van der Waals surface area contributed by atoms with Crippen molar-refractivity contribution in [1.82, 2.24) is 9.13 Å². The molecule has 2 saturated carbocycles. The predicted octanol–water partition coefficient (Wildman–Crippen LogP) is 2.46. The summed E-state index contributed by atoms with van der Waals surface area (Å²) in [5, 5.41) is 0. The Hall–Kier alpha value is -0.590. The number of nitrogens with zero attached hydrogens (tertiary/aromatic N) is 2. The average Bonchev–Trinajstić information content (AvgIpc) is 3.03. The fraction of sp³-hybridized carbons (Fsp3) is 0.733. The van der Waals surface area contributed by atoms with Crippen LogP contribution in [0.4, 0.5) is 0 Å². The Bertz CT molecular complexity index is 619. The lowest BCUT2D eigenvalue weighted by Crippen LogP contribution is -2.42. The first-order chi connectivity index (χ1) is 9.60. The molecule has 1 heterocycles. The maximum absolute atomic E-state index is 12.4. The molecule has 1 aromatic heterocycles. The van der Waals surface area contributed by atoms with Crippen molar-refractivity contribution >= 4 is 22.6 Å². The molecular formula is C15H21IN2O2. The molecule has 0 saturated heterocycles. The van der Waals surface area contributed by atoms with Crippen LogP contribution >= 0.6 is 22.6 Å². The van der Waals surface area contributed by atoms with Crippen molar-refractivity contribution in [3.05, 3.63) is 30.6 Å². The van der Waals surface area contributed by atoms with Crippen LogP contribution in [0.5, 0.6) is 0 Å².